The van der Waals surface area contributed by atoms with E-state index in [1.165, 1.54) is 24.6 Å². The van der Waals surface area contributed by atoms with Gasteiger partial charge >= 0.3 is 0 Å². The van der Waals surface area contributed by atoms with Crippen molar-refractivity contribution in [2.24, 2.45) is 0 Å². The van der Waals surface area contributed by atoms with E-state index in [2.05, 4.69) is 70.8 Å². The van der Waals surface area contributed by atoms with Gasteiger partial charge in [0.15, 0.2) is 0 Å². The first-order chi connectivity index (χ1) is 8.98. The fraction of sp³-hybridized carbons (Fsp3) is 0.500. The largest absolute Gasteiger partial charge is 0.483 e. The van der Waals surface area contributed by atoms with Gasteiger partial charge in [0.1, 0.15) is 11.4 Å². The number of benzene rings is 1. The van der Waals surface area contributed by atoms with Crippen LogP contribution in [0, 0.1) is 0 Å². The lowest BCUT2D eigenvalue weighted by molar-refractivity contribution is 0.159. The predicted octanol–water partition coefficient (Wildman–Crippen LogP) is 6.20. The van der Waals surface area contributed by atoms with Crippen LogP contribution in [0.2, 0.25) is 0 Å². The number of fused-ring (bicyclic) bond motifs is 1. The molecule has 0 saturated heterocycles. The van der Waals surface area contributed by atoms with Gasteiger partial charge in [-0.3, -0.25) is 0 Å². The summed E-state index contributed by atoms with van der Waals surface area (Å²) in [4.78, 5) is 0. The Bertz CT molecular complexity index is 421. The molecule has 1 aromatic rings. The van der Waals surface area contributed by atoms with Crippen molar-refractivity contribution in [3.05, 3.63) is 34.3 Å². The van der Waals surface area contributed by atoms with Crippen molar-refractivity contribution in [2.75, 3.05) is 5.33 Å². The molecule has 0 saturated carbocycles. The monoisotopic (exact) mass is 388 g/mol. The van der Waals surface area contributed by atoms with Crippen molar-refractivity contribution >= 4 is 37.9 Å². The minimum Gasteiger partial charge on any atom is -0.483 e. The third-order valence-corrected chi connectivity index (χ3v) is 3.80. The van der Waals surface area contributed by atoms with Crippen LogP contribution in [-0.4, -0.2) is 10.9 Å². The SMILES string of the molecule is CC1(C)C=Cc2cc(Br)ccc2O1.CCCCCBr. The van der Waals surface area contributed by atoms with Crippen LogP contribution in [0.15, 0.2) is 28.7 Å². The molecule has 1 aliphatic heterocycles. The predicted molar refractivity (Wildman–Crippen MR) is 91.2 cm³/mol. The molecule has 0 aliphatic carbocycles. The van der Waals surface area contributed by atoms with E-state index in [0.717, 1.165) is 15.8 Å². The van der Waals surface area contributed by atoms with E-state index < -0.39 is 0 Å². The molecular weight excluding hydrogens is 368 g/mol. The first-order valence-corrected chi connectivity index (χ1v) is 8.63. The first-order valence-electron chi connectivity index (χ1n) is 6.72. The second-order valence-electron chi connectivity index (χ2n) is 5.12. The Kier molecular flexibility index (Phi) is 7.16. The maximum absolute atomic E-state index is 5.77. The second kappa shape index (κ2) is 8.11. The van der Waals surface area contributed by atoms with Crippen LogP contribution in [-0.2, 0) is 0 Å². The van der Waals surface area contributed by atoms with Crippen LogP contribution < -0.4 is 4.74 Å². The minimum atomic E-state index is -0.180. The van der Waals surface area contributed by atoms with Gasteiger partial charge in [-0.2, -0.15) is 0 Å². The Morgan fingerprint density at radius 3 is 2.53 bits per heavy atom. The molecule has 2 rings (SSSR count). The van der Waals surface area contributed by atoms with E-state index in [4.69, 9.17) is 4.74 Å². The quantitative estimate of drug-likeness (QED) is 0.441. The molecule has 1 nitrogen and oxygen atoms in total. The zero-order valence-corrected chi connectivity index (χ0v) is 15.1. The molecule has 0 amide bonds. The van der Waals surface area contributed by atoms with E-state index in [1.807, 2.05) is 12.1 Å². The highest BCUT2D eigenvalue weighted by Gasteiger charge is 2.21. The lowest BCUT2D eigenvalue weighted by Crippen LogP contribution is -2.27. The summed E-state index contributed by atoms with van der Waals surface area (Å²) in [7, 11) is 0. The molecule has 0 unspecified atom stereocenters. The maximum Gasteiger partial charge on any atom is 0.127 e. The first kappa shape index (κ1) is 16.8. The van der Waals surface area contributed by atoms with Gasteiger partial charge in [0.25, 0.3) is 0 Å². The van der Waals surface area contributed by atoms with E-state index in [0.29, 0.717) is 0 Å². The van der Waals surface area contributed by atoms with Crippen LogP contribution in [0.4, 0.5) is 0 Å². The van der Waals surface area contributed by atoms with Crippen molar-refractivity contribution in [3.8, 4) is 5.75 Å². The van der Waals surface area contributed by atoms with Gasteiger partial charge in [0, 0.05) is 15.4 Å². The molecule has 19 heavy (non-hydrogen) atoms. The summed E-state index contributed by atoms with van der Waals surface area (Å²) in [5.41, 5.74) is 0.953. The fourth-order valence-corrected chi connectivity index (χ4v) is 2.47. The number of halogens is 2. The number of ether oxygens (including phenoxy) is 1. The number of alkyl halides is 1. The number of unbranched alkanes of at least 4 members (excludes halogenated alkanes) is 2. The standard InChI is InChI=1S/C11H11BrO.C5H11Br/c1-11(2)6-5-8-7-9(12)3-4-10(8)13-11;1-2-3-4-5-6/h3-7H,1-2H3;2-5H2,1H3. The maximum atomic E-state index is 5.77. The summed E-state index contributed by atoms with van der Waals surface area (Å²) in [6.07, 6.45) is 8.19. The summed E-state index contributed by atoms with van der Waals surface area (Å²) in [5, 5.41) is 1.17. The Balaban J connectivity index is 0.000000258. The summed E-state index contributed by atoms with van der Waals surface area (Å²) >= 11 is 6.78. The van der Waals surface area contributed by atoms with Gasteiger partial charge in [0.05, 0.1) is 0 Å². The summed E-state index contributed by atoms with van der Waals surface area (Å²) in [6.45, 7) is 6.31. The normalized spacial score (nSPS) is 15.0. The minimum absolute atomic E-state index is 0.180. The molecule has 0 atom stereocenters. The van der Waals surface area contributed by atoms with Crippen molar-refractivity contribution in [3.63, 3.8) is 0 Å². The van der Waals surface area contributed by atoms with Gasteiger partial charge in [-0.1, -0.05) is 57.7 Å². The lowest BCUT2D eigenvalue weighted by atomic mass is 10.0. The highest BCUT2D eigenvalue weighted by molar-refractivity contribution is 9.10. The van der Waals surface area contributed by atoms with Crippen molar-refractivity contribution in [1.29, 1.82) is 0 Å². The third-order valence-electron chi connectivity index (χ3n) is 2.75. The van der Waals surface area contributed by atoms with Crippen molar-refractivity contribution in [1.82, 2.24) is 0 Å². The van der Waals surface area contributed by atoms with Gasteiger partial charge < -0.3 is 4.74 Å². The summed E-state index contributed by atoms with van der Waals surface area (Å²) < 4.78 is 6.85. The average Bonchev–Trinajstić information content (AvgIpc) is 2.37. The molecule has 3 heteroatoms. The molecule has 0 bridgehead atoms. The molecule has 0 spiro atoms. The Labute approximate surface area is 133 Å². The van der Waals surface area contributed by atoms with E-state index in [1.54, 1.807) is 0 Å². The molecule has 1 aliphatic rings. The fourth-order valence-electron chi connectivity index (χ4n) is 1.69. The highest BCUT2D eigenvalue weighted by Crippen LogP contribution is 2.32. The van der Waals surface area contributed by atoms with Crippen LogP contribution in [0.1, 0.15) is 45.6 Å². The Hall–Kier alpha value is -0.280. The molecular formula is C16H22Br2O. The lowest BCUT2D eigenvalue weighted by Gasteiger charge is -2.27. The molecule has 1 heterocycles. The van der Waals surface area contributed by atoms with Gasteiger partial charge in [0.2, 0.25) is 0 Å². The Morgan fingerprint density at radius 2 is 1.95 bits per heavy atom. The third kappa shape index (κ3) is 6.13. The van der Waals surface area contributed by atoms with Gasteiger partial charge in [-0.25, -0.2) is 0 Å². The van der Waals surface area contributed by atoms with E-state index in [9.17, 15) is 0 Å². The van der Waals surface area contributed by atoms with Gasteiger partial charge in [-0.05, 0) is 44.5 Å². The summed E-state index contributed by atoms with van der Waals surface area (Å²) in [5.74, 6) is 0.954. The molecule has 0 N–H and O–H groups in total. The zero-order chi connectivity index (χ0) is 14.3. The van der Waals surface area contributed by atoms with Crippen molar-refractivity contribution < 1.29 is 4.74 Å². The van der Waals surface area contributed by atoms with E-state index >= 15 is 0 Å². The topological polar surface area (TPSA) is 9.23 Å². The number of rotatable bonds is 3. The molecule has 0 fully saturated rings. The molecule has 0 aromatic heterocycles. The molecule has 106 valence electrons. The van der Waals surface area contributed by atoms with Crippen LogP contribution in [0.3, 0.4) is 0 Å². The highest BCUT2D eigenvalue weighted by atomic mass is 79.9. The van der Waals surface area contributed by atoms with Gasteiger partial charge in [-0.15, -0.1) is 0 Å². The summed E-state index contributed by atoms with van der Waals surface area (Å²) in [6, 6.07) is 6.04. The molecule has 1 aromatic carbocycles. The second-order valence-corrected chi connectivity index (χ2v) is 6.83. The number of hydrogen-bond acceptors (Lipinski definition) is 1. The van der Waals surface area contributed by atoms with Crippen molar-refractivity contribution in [2.45, 2.75) is 45.6 Å². The van der Waals surface area contributed by atoms with Crippen LogP contribution in [0.25, 0.3) is 6.08 Å². The van der Waals surface area contributed by atoms with E-state index in [-0.39, 0.29) is 5.60 Å². The Morgan fingerprint density at radius 1 is 1.21 bits per heavy atom. The van der Waals surface area contributed by atoms with Crippen LogP contribution in [0.5, 0.6) is 5.75 Å². The van der Waals surface area contributed by atoms with Crippen LogP contribution >= 0.6 is 31.9 Å². The average molecular weight is 390 g/mol. The zero-order valence-electron chi connectivity index (χ0n) is 11.9. The number of hydrogen-bond donors (Lipinski definition) is 0. The smallest absolute Gasteiger partial charge is 0.127 e. The molecule has 0 radical (unpaired) electrons.